The predicted octanol–water partition coefficient (Wildman–Crippen LogP) is 3.92. The Morgan fingerprint density at radius 1 is 0.957 bits per heavy atom. The average Bonchev–Trinajstić information content (AvgIpc) is 2.59. The van der Waals surface area contributed by atoms with Gasteiger partial charge in [-0.2, -0.15) is 0 Å². The van der Waals surface area contributed by atoms with E-state index in [0.29, 0.717) is 16.5 Å². The van der Waals surface area contributed by atoms with Crippen molar-refractivity contribution < 1.29 is 14.5 Å². The third kappa shape index (κ3) is 2.76. The second-order valence-electron chi connectivity index (χ2n) is 4.97. The van der Waals surface area contributed by atoms with Gasteiger partial charge < -0.3 is 4.74 Å². The molecule has 1 unspecified atom stereocenters. The Hall–Kier alpha value is -3.21. The summed E-state index contributed by atoms with van der Waals surface area (Å²) in [6.07, 6.45) is -0.889. The van der Waals surface area contributed by atoms with Crippen LogP contribution in [0.1, 0.15) is 17.2 Å². The molecule has 1 atom stereocenters. The van der Waals surface area contributed by atoms with Crippen LogP contribution in [0, 0.1) is 10.1 Å². The number of benzene rings is 3. The standard InChI is InChI=1S/C18H12NO4/c20-12-23-18(14-7-2-1-3-8-14)17-15-9-5-4-6-13(15)10-11-16(17)19(21)22/h1-11,18H. The van der Waals surface area contributed by atoms with Crippen molar-refractivity contribution in [3.8, 4) is 0 Å². The van der Waals surface area contributed by atoms with E-state index in [-0.39, 0.29) is 5.69 Å². The van der Waals surface area contributed by atoms with Crippen LogP contribution in [0.25, 0.3) is 10.8 Å². The van der Waals surface area contributed by atoms with Gasteiger partial charge in [0.2, 0.25) is 0 Å². The zero-order valence-electron chi connectivity index (χ0n) is 12.0. The third-order valence-electron chi connectivity index (χ3n) is 3.67. The Morgan fingerprint density at radius 3 is 2.35 bits per heavy atom. The van der Waals surface area contributed by atoms with Gasteiger partial charge in [-0.15, -0.1) is 0 Å². The van der Waals surface area contributed by atoms with Crippen molar-refractivity contribution in [2.45, 2.75) is 6.10 Å². The van der Waals surface area contributed by atoms with Gasteiger partial charge in [0, 0.05) is 6.07 Å². The zero-order valence-corrected chi connectivity index (χ0v) is 12.0. The van der Waals surface area contributed by atoms with Gasteiger partial charge in [-0.25, -0.2) is 4.79 Å². The van der Waals surface area contributed by atoms with Crippen LogP contribution in [0.5, 0.6) is 0 Å². The molecular weight excluding hydrogens is 294 g/mol. The Morgan fingerprint density at radius 2 is 1.65 bits per heavy atom. The summed E-state index contributed by atoms with van der Waals surface area (Å²) in [5.41, 5.74) is 0.908. The number of fused-ring (bicyclic) bond motifs is 1. The Kier molecular flexibility index (Phi) is 4.01. The molecule has 3 aromatic rings. The minimum absolute atomic E-state index is 0.0900. The first-order valence-electron chi connectivity index (χ1n) is 6.96. The normalized spacial score (nSPS) is 11.8. The van der Waals surface area contributed by atoms with Crippen LogP contribution in [0.15, 0.2) is 66.7 Å². The van der Waals surface area contributed by atoms with Gasteiger partial charge in [-0.1, -0.05) is 54.6 Å². The molecule has 0 aliphatic heterocycles. The molecule has 0 fully saturated rings. The van der Waals surface area contributed by atoms with E-state index in [9.17, 15) is 14.9 Å². The number of carbonyl (C=O) groups excluding carboxylic acids is 1. The molecule has 0 N–H and O–H groups in total. The van der Waals surface area contributed by atoms with Gasteiger partial charge in [0.25, 0.3) is 5.69 Å². The van der Waals surface area contributed by atoms with Crippen molar-refractivity contribution in [2.75, 3.05) is 0 Å². The summed E-state index contributed by atoms with van der Waals surface area (Å²) in [6.45, 7) is 1.42. The third-order valence-corrected chi connectivity index (χ3v) is 3.67. The highest BCUT2D eigenvalue weighted by molar-refractivity contribution is 5.89. The number of hydrogen-bond donors (Lipinski definition) is 0. The second-order valence-corrected chi connectivity index (χ2v) is 4.97. The van der Waals surface area contributed by atoms with Crippen molar-refractivity contribution in [3.05, 3.63) is 88.0 Å². The van der Waals surface area contributed by atoms with Crippen molar-refractivity contribution in [3.63, 3.8) is 0 Å². The minimum atomic E-state index is -0.889. The smallest absolute Gasteiger partial charge is 0.418 e. The number of ether oxygens (including phenoxy) is 1. The van der Waals surface area contributed by atoms with E-state index in [1.807, 2.05) is 18.2 Å². The highest BCUT2D eigenvalue weighted by atomic mass is 16.6. The quantitative estimate of drug-likeness (QED) is 0.529. The van der Waals surface area contributed by atoms with Crippen molar-refractivity contribution in [1.82, 2.24) is 0 Å². The number of hydrogen-bond acceptors (Lipinski definition) is 4. The summed E-state index contributed by atoms with van der Waals surface area (Å²) in [5.74, 6) is 0. The molecule has 0 amide bonds. The first-order valence-corrected chi connectivity index (χ1v) is 6.96. The number of nitro groups is 1. The highest BCUT2D eigenvalue weighted by Gasteiger charge is 2.27. The van der Waals surface area contributed by atoms with Crippen molar-refractivity contribution in [1.29, 1.82) is 0 Å². The molecule has 0 heterocycles. The lowest BCUT2D eigenvalue weighted by Gasteiger charge is -2.17. The van der Waals surface area contributed by atoms with Crippen LogP contribution < -0.4 is 0 Å². The molecule has 0 spiro atoms. The van der Waals surface area contributed by atoms with E-state index in [1.54, 1.807) is 42.5 Å². The first-order chi connectivity index (χ1) is 11.2. The fraction of sp³-hybridized carbons (Fsp3) is 0.0556. The highest BCUT2D eigenvalue weighted by Crippen LogP contribution is 2.37. The van der Waals surface area contributed by atoms with E-state index in [1.165, 1.54) is 12.5 Å². The van der Waals surface area contributed by atoms with Crippen LogP contribution in [-0.2, 0) is 9.53 Å². The summed E-state index contributed by atoms with van der Waals surface area (Å²) in [5, 5.41) is 13.0. The molecule has 0 bridgehead atoms. The van der Waals surface area contributed by atoms with Crippen LogP contribution in [-0.4, -0.2) is 11.4 Å². The summed E-state index contributed by atoms with van der Waals surface area (Å²) < 4.78 is 5.10. The lowest BCUT2D eigenvalue weighted by molar-refractivity contribution is -0.385. The van der Waals surface area contributed by atoms with Crippen LogP contribution >= 0.6 is 0 Å². The van der Waals surface area contributed by atoms with Crippen LogP contribution in [0.2, 0.25) is 0 Å². The fourth-order valence-corrected chi connectivity index (χ4v) is 2.69. The largest absolute Gasteiger partial charge is 0.444 e. The van der Waals surface area contributed by atoms with E-state index in [4.69, 9.17) is 4.74 Å². The molecule has 0 saturated heterocycles. The maximum absolute atomic E-state index is 11.5. The molecule has 3 aromatic carbocycles. The molecule has 113 valence electrons. The molecule has 0 saturated carbocycles. The summed E-state index contributed by atoms with van der Waals surface area (Å²) in [4.78, 5) is 21.9. The second kappa shape index (κ2) is 6.27. The topological polar surface area (TPSA) is 69.4 Å². The molecule has 5 heteroatoms. The molecule has 0 aliphatic rings. The first kappa shape index (κ1) is 14.7. The SMILES string of the molecule is O=[C]OC(c1ccccc1)c1c([N+](=O)[O-])ccc2ccccc12. The van der Waals surface area contributed by atoms with Crippen molar-refractivity contribution in [2.24, 2.45) is 0 Å². The van der Waals surface area contributed by atoms with Crippen LogP contribution in [0.4, 0.5) is 5.69 Å². The molecule has 3 rings (SSSR count). The molecular formula is C18H12NO4. The van der Waals surface area contributed by atoms with E-state index in [2.05, 4.69) is 0 Å². The average molecular weight is 306 g/mol. The molecule has 1 radical (unpaired) electrons. The zero-order chi connectivity index (χ0) is 16.2. The Bertz CT molecular complexity index is 861. The predicted molar refractivity (Wildman–Crippen MR) is 85.7 cm³/mol. The maximum atomic E-state index is 11.5. The monoisotopic (exact) mass is 306 g/mol. The van der Waals surface area contributed by atoms with E-state index >= 15 is 0 Å². The molecule has 0 aromatic heterocycles. The lowest BCUT2D eigenvalue weighted by Crippen LogP contribution is -2.09. The molecule has 5 nitrogen and oxygen atoms in total. The number of nitrogens with zero attached hydrogens (tertiary/aromatic N) is 1. The van der Waals surface area contributed by atoms with Gasteiger partial charge in [0.15, 0.2) is 6.10 Å². The van der Waals surface area contributed by atoms with Gasteiger partial charge in [0.05, 0.1) is 10.5 Å². The number of nitro benzene ring substituents is 1. The van der Waals surface area contributed by atoms with Crippen molar-refractivity contribution >= 4 is 22.9 Å². The van der Waals surface area contributed by atoms with E-state index in [0.717, 1.165) is 5.39 Å². The Labute approximate surface area is 132 Å². The van der Waals surface area contributed by atoms with Crippen LogP contribution in [0.3, 0.4) is 0 Å². The fourth-order valence-electron chi connectivity index (χ4n) is 2.69. The molecule has 0 aliphatic carbocycles. The van der Waals surface area contributed by atoms with Gasteiger partial charge >= 0.3 is 6.47 Å². The summed E-state index contributed by atoms with van der Waals surface area (Å²) >= 11 is 0. The van der Waals surface area contributed by atoms with Gasteiger partial charge in [0.1, 0.15) is 0 Å². The Balaban J connectivity index is 2.32. The number of rotatable bonds is 5. The lowest BCUT2D eigenvalue weighted by atomic mass is 9.94. The van der Waals surface area contributed by atoms with E-state index < -0.39 is 11.0 Å². The molecule has 23 heavy (non-hydrogen) atoms. The summed E-state index contributed by atoms with van der Waals surface area (Å²) in [7, 11) is 0. The summed E-state index contributed by atoms with van der Waals surface area (Å²) in [6, 6.07) is 19.3. The van der Waals surface area contributed by atoms with Gasteiger partial charge in [-0.05, 0) is 22.4 Å². The maximum Gasteiger partial charge on any atom is 0.418 e. The minimum Gasteiger partial charge on any atom is -0.444 e. The van der Waals surface area contributed by atoms with Gasteiger partial charge in [-0.3, -0.25) is 10.1 Å².